The summed E-state index contributed by atoms with van der Waals surface area (Å²) < 4.78 is 0. The van der Waals surface area contributed by atoms with Gasteiger partial charge < -0.3 is 0 Å². The number of rotatable bonds is 8. The molecule has 0 aromatic carbocycles. The molecule has 0 bridgehead atoms. The number of aliphatic imine (C=N–C) groups is 1. The van der Waals surface area contributed by atoms with E-state index in [0.717, 1.165) is 19.3 Å². The molecule has 0 amide bonds. The molecule has 0 radical (unpaired) electrons. The Bertz CT molecular complexity index is 207. The third-order valence-electron chi connectivity index (χ3n) is 2.38. The SMILES string of the molecule is CCCCCC(CCN=C=O)C(C)=O. The van der Waals surface area contributed by atoms with E-state index in [4.69, 9.17) is 0 Å². The first kappa shape index (κ1) is 13.1. The number of hydrogen-bond donors (Lipinski definition) is 0. The van der Waals surface area contributed by atoms with E-state index in [-0.39, 0.29) is 11.7 Å². The Labute approximate surface area is 85.6 Å². The van der Waals surface area contributed by atoms with Crippen LogP contribution in [-0.4, -0.2) is 18.4 Å². The maximum absolute atomic E-state index is 11.2. The van der Waals surface area contributed by atoms with Crippen LogP contribution in [0.2, 0.25) is 0 Å². The van der Waals surface area contributed by atoms with E-state index in [2.05, 4.69) is 11.9 Å². The summed E-state index contributed by atoms with van der Waals surface area (Å²) in [6.07, 6.45) is 6.53. The standard InChI is InChI=1S/C11H19NO2/c1-3-4-5-6-11(10(2)14)7-8-12-9-13/h11H,3-8H2,1-2H3. The molecule has 0 aliphatic rings. The molecule has 0 fully saturated rings. The van der Waals surface area contributed by atoms with E-state index in [1.807, 2.05) is 0 Å². The Morgan fingerprint density at radius 3 is 2.57 bits per heavy atom. The molecule has 0 aromatic rings. The number of carbonyl (C=O) groups is 1. The molecule has 0 heterocycles. The summed E-state index contributed by atoms with van der Waals surface area (Å²) in [5, 5.41) is 0. The molecule has 14 heavy (non-hydrogen) atoms. The van der Waals surface area contributed by atoms with Crippen LogP contribution < -0.4 is 0 Å². The minimum atomic E-state index is 0.0821. The molecule has 0 N–H and O–H groups in total. The lowest BCUT2D eigenvalue weighted by Gasteiger charge is -2.11. The van der Waals surface area contributed by atoms with Crippen LogP contribution in [0.25, 0.3) is 0 Å². The summed E-state index contributed by atoms with van der Waals surface area (Å²) >= 11 is 0. The van der Waals surface area contributed by atoms with Crippen LogP contribution in [0.5, 0.6) is 0 Å². The van der Waals surface area contributed by atoms with Gasteiger partial charge in [0.2, 0.25) is 6.08 Å². The van der Waals surface area contributed by atoms with Gasteiger partial charge in [-0.3, -0.25) is 4.79 Å². The molecule has 80 valence electrons. The molecular weight excluding hydrogens is 178 g/mol. The van der Waals surface area contributed by atoms with Crippen molar-refractivity contribution in [3.05, 3.63) is 0 Å². The van der Waals surface area contributed by atoms with Crippen molar-refractivity contribution in [1.29, 1.82) is 0 Å². The molecule has 1 unspecified atom stereocenters. The Kier molecular flexibility index (Phi) is 8.05. The first-order valence-corrected chi connectivity index (χ1v) is 5.26. The van der Waals surface area contributed by atoms with Crippen molar-refractivity contribution in [3.8, 4) is 0 Å². The van der Waals surface area contributed by atoms with Gasteiger partial charge in [-0.1, -0.05) is 26.2 Å². The van der Waals surface area contributed by atoms with Crippen LogP contribution in [0, 0.1) is 5.92 Å². The largest absolute Gasteiger partial charge is 0.300 e. The second-order valence-electron chi connectivity index (χ2n) is 3.57. The summed E-state index contributed by atoms with van der Waals surface area (Å²) in [5.74, 6) is 0.292. The predicted octanol–water partition coefficient (Wildman–Crippen LogP) is 2.50. The van der Waals surface area contributed by atoms with E-state index >= 15 is 0 Å². The van der Waals surface area contributed by atoms with E-state index < -0.39 is 0 Å². The lowest BCUT2D eigenvalue weighted by molar-refractivity contribution is -0.121. The maximum Gasteiger partial charge on any atom is 0.234 e. The second-order valence-corrected chi connectivity index (χ2v) is 3.57. The van der Waals surface area contributed by atoms with Gasteiger partial charge >= 0.3 is 0 Å². The molecule has 0 aliphatic heterocycles. The van der Waals surface area contributed by atoms with Gasteiger partial charge in [0, 0.05) is 5.92 Å². The van der Waals surface area contributed by atoms with Crippen molar-refractivity contribution in [2.75, 3.05) is 6.54 Å². The number of carbonyl (C=O) groups excluding carboxylic acids is 2. The van der Waals surface area contributed by atoms with Gasteiger partial charge in [0.15, 0.2) is 0 Å². The van der Waals surface area contributed by atoms with Gasteiger partial charge in [-0.25, -0.2) is 9.79 Å². The molecule has 0 saturated heterocycles. The van der Waals surface area contributed by atoms with Crippen molar-refractivity contribution < 1.29 is 9.59 Å². The predicted molar refractivity (Wildman–Crippen MR) is 55.9 cm³/mol. The van der Waals surface area contributed by atoms with E-state index in [1.165, 1.54) is 12.5 Å². The number of hydrogen-bond acceptors (Lipinski definition) is 3. The highest BCUT2D eigenvalue weighted by atomic mass is 16.1. The van der Waals surface area contributed by atoms with Crippen molar-refractivity contribution >= 4 is 11.9 Å². The number of nitrogens with zero attached hydrogens (tertiary/aromatic N) is 1. The highest BCUT2D eigenvalue weighted by molar-refractivity contribution is 5.78. The van der Waals surface area contributed by atoms with Crippen molar-refractivity contribution in [2.45, 2.75) is 46.0 Å². The van der Waals surface area contributed by atoms with E-state index in [0.29, 0.717) is 13.0 Å². The zero-order valence-corrected chi connectivity index (χ0v) is 9.08. The average molecular weight is 197 g/mol. The molecule has 3 nitrogen and oxygen atoms in total. The lowest BCUT2D eigenvalue weighted by Crippen LogP contribution is -2.12. The molecular formula is C11H19NO2. The average Bonchev–Trinajstić information content (AvgIpc) is 2.15. The number of unbranched alkanes of at least 4 members (excludes halogenated alkanes) is 2. The summed E-state index contributed by atoms with van der Waals surface area (Å²) in [4.78, 5) is 24.5. The Morgan fingerprint density at radius 1 is 1.36 bits per heavy atom. The topological polar surface area (TPSA) is 46.5 Å². The second kappa shape index (κ2) is 8.64. The van der Waals surface area contributed by atoms with Gasteiger partial charge in [0.1, 0.15) is 5.78 Å². The smallest absolute Gasteiger partial charge is 0.234 e. The van der Waals surface area contributed by atoms with Crippen LogP contribution in [0.1, 0.15) is 46.0 Å². The minimum Gasteiger partial charge on any atom is -0.300 e. The van der Waals surface area contributed by atoms with Gasteiger partial charge in [-0.15, -0.1) is 0 Å². The van der Waals surface area contributed by atoms with Crippen LogP contribution in [0.15, 0.2) is 4.99 Å². The Hall–Kier alpha value is -0.950. The van der Waals surface area contributed by atoms with Crippen LogP contribution >= 0.6 is 0 Å². The third kappa shape index (κ3) is 6.55. The molecule has 0 saturated carbocycles. The quantitative estimate of drug-likeness (QED) is 0.341. The van der Waals surface area contributed by atoms with Crippen molar-refractivity contribution in [3.63, 3.8) is 0 Å². The molecule has 0 aromatic heterocycles. The molecule has 3 heteroatoms. The van der Waals surface area contributed by atoms with Gasteiger partial charge in [-0.2, -0.15) is 0 Å². The monoisotopic (exact) mass is 197 g/mol. The molecule has 0 aliphatic carbocycles. The highest BCUT2D eigenvalue weighted by Gasteiger charge is 2.12. The van der Waals surface area contributed by atoms with Crippen LogP contribution in [0.3, 0.4) is 0 Å². The van der Waals surface area contributed by atoms with Crippen LogP contribution in [0.4, 0.5) is 0 Å². The fourth-order valence-corrected chi connectivity index (χ4v) is 1.46. The third-order valence-corrected chi connectivity index (χ3v) is 2.38. The summed E-state index contributed by atoms with van der Waals surface area (Å²) in [6, 6.07) is 0. The highest BCUT2D eigenvalue weighted by Crippen LogP contribution is 2.14. The zero-order valence-electron chi connectivity index (χ0n) is 9.08. The normalized spacial score (nSPS) is 11.9. The van der Waals surface area contributed by atoms with Gasteiger partial charge in [0.05, 0.1) is 6.54 Å². The first-order chi connectivity index (χ1) is 6.72. The minimum absolute atomic E-state index is 0.0821. The first-order valence-electron chi connectivity index (χ1n) is 5.26. The number of ketones is 1. The maximum atomic E-state index is 11.2. The summed E-state index contributed by atoms with van der Waals surface area (Å²) in [7, 11) is 0. The van der Waals surface area contributed by atoms with Crippen molar-refractivity contribution in [1.82, 2.24) is 0 Å². The molecule has 1 atom stereocenters. The fourth-order valence-electron chi connectivity index (χ4n) is 1.46. The van der Waals surface area contributed by atoms with Gasteiger partial charge in [-0.05, 0) is 19.8 Å². The molecule has 0 rings (SSSR count). The summed E-state index contributed by atoms with van der Waals surface area (Å²) in [5.41, 5.74) is 0. The van der Waals surface area contributed by atoms with E-state index in [1.54, 1.807) is 6.92 Å². The van der Waals surface area contributed by atoms with E-state index in [9.17, 15) is 9.59 Å². The number of Topliss-reactive ketones (excluding diaryl/α,β-unsaturated/α-hetero) is 1. The fraction of sp³-hybridized carbons (Fsp3) is 0.818. The van der Waals surface area contributed by atoms with Crippen LogP contribution in [-0.2, 0) is 9.59 Å². The lowest BCUT2D eigenvalue weighted by atomic mass is 9.94. The van der Waals surface area contributed by atoms with Crippen molar-refractivity contribution in [2.24, 2.45) is 10.9 Å². The Morgan fingerprint density at radius 2 is 2.07 bits per heavy atom. The summed E-state index contributed by atoms with van der Waals surface area (Å²) in [6.45, 7) is 4.18. The number of isocyanates is 1. The Balaban J connectivity index is 3.77. The zero-order chi connectivity index (χ0) is 10.8. The van der Waals surface area contributed by atoms with Gasteiger partial charge in [0.25, 0.3) is 0 Å². The molecule has 0 spiro atoms.